The number of unbranched alkanes of at least 4 members (excludes halogenated alkanes) is 48. The van der Waals surface area contributed by atoms with Crippen molar-refractivity contribution in [2.45, 2.75) is 415 Å². The minimum absolute atomic E-state index is 0. The van der Waals surface area contributed by atoms with E-state index in [1.54, 1.807) is 0 Å². The molecule has 0 spiro atoms. The average Bonchev–Trinajstić information content (AvgIpc) is 3.39. The van der Waals surface area contributed by atoms with Gasteiger partial charge in [-0.25, -0.2) is 0 Å². The normalized spacial score (nSPS) is 11.0. The summed E-state index contributed by atoms with van der Waals surface area (Å²) in [6.07, 6.45) is 81.2. The fourth-order valence-electron chi connectivity index (χ4n) is 10.1. The van der Waals surface area contributed by atoms with Gasteiger partial charge in [-0.05, 0) is 23.7 Å². The Hall–Kier alpha value is -0.606. The topological polar surface area (TPSA) is 68.3 Å². The van der Waals surface area contributed by atoms with Crippen molar-refractivity contribution in [3.8, 4) is 0 Å². The molecule has 0 aromatic rings. The molecule has 0 aromatic heterocycles. The molecular weight excluding hydrogens is 977 g/mol. The summed E-state index contributed by atoms with van der Waals surface area (Å²) in [5.74, 6) is 3.52. The Bertz CT molecular complexity index is 866. The minimum atomic E-state index is 0. The van der Waals surface area contributed by atoms with E-state index < -0.39 is 0 Å². The maximum absolute atomic E-state index is 10.0. The van der Waals surface area contributed by atoms with Crippen LogP contribution in [0.2, 0.25) is 0 Å². The van der Waals surface area contributed by atoms with E-state index in [0.29, 0.717) is 25.7 Å². The molecule has 0 saturated heterocycles. The van der Waals surface area contributed by atoms with Crippen LogP contribution in [-0.4, -0.2) is 25.1 Å². The van der Waals surface area contributed by atoms with E-state index in [-0.39, 0.29) is 21.7 Å². The fourth-order valence-corrected chi connectivity index (χ4v) is 10.1. The smallest absolute Gasteiger partial charge is 0.542 e. The third-order valence-electron chi connectivity index (χ3n) is 15.2. The van der Waals surface area contributed by atoms with Crippen LogP contribution in [0, 0.1) is 23.7 Å². The first-order valence-corrected chi connectivity index (χ1v) is 34.5. The van der Waals surface area contributed by atoms with Crippen molar-refractivity contribution in [2.75, 3.05) is 0 Å². The second kappa shape index (κ2) is 81.9. The summed E-state index contributed by atoms with van der Waals surface area (Å²) >= 11 is 0. The Kier molecular flexibility index (Phi) is 90.6. The molecule has 0 rings (SSSR count). The third kappa shape index (κ3) is 101. The average molecular weight is 1120 g/mol. The quantitative estimate of drug-likeness (QED) is 0.0346. The number of rotatable bonds is 60. The molecule has 0 amide bonds. The van der Waals surface area contributed by atoms with Gasteiger partial charge in [-0.2, -0.15) is 25.7 Å². The zero-order valence-corrected chi connectivity index (χ0v) is 55.6. The van der Waals surface area contributed by atoms with E-state index in [4.69, 9.17) is 0 Å². The largest absolute Gasteiger partial charge is 4.00 e. The van der Waals surface area contributed by atoms with Gasteiger partial charge >= 0.3 is 21.7 Å². The first kappa shape index (κ1) is 85.2. The first-order valence-electron chi connectivity index (χ1n) is 34.5. The Morgan fingerprint density at radius 1 is 0.169 bits per heavy atom. The molecule has 0 fully saturated rings. The number of hydrogen-bond acceptors (Lipinski definition) is 4. The first-order chi connectivity index (χ1) is 37.1. The molecule has 0 unspecified atom stereocenters. The SMILES string of the molecule is CC(C)CCCCCCCCCCCCCC[C-]=O.CC(C)CCCCCCCCCCCCCC[C-]=O.CC(C)CCCCCCCCCCCCCC[C-]=O.CC(C)CCCCCCCCCCCCCC[C-]=O.[Ti+4]. The molecule has 0 aliphatic heterocycles. The van der Waals surface area contributed by atoms with Crippen molar-refractivity contribution in [1.29, 1.82) is 0 Å². The molecule has 0 aromatic carbocycles. The van der Waals surface area contributed by atoms with Crippen molar-refractivity contribution < 1.29 is 40.9 Å². The van der Waals surface area contributed by atoms with Crippen LogP contribution in [0.5, 0.6) is 0 Å². The molecule has 0 radical (unpaired) electrons. The summed E-state index contributed by atoms with van der Waals surface area (Å²) in [5.41, 5.74) is 0. The predicted molar refractivity (Wildman–Crippen MR) is 341 cm³/mol. The summed E-state index contributed by atoms with van der Waals surface area (Å²) in [7, 11) is 0. The third-order valence-corrected chi connectivity index (χ3v) is 15.2. The minimum Gasteiger partial charge on any atom is -0.542 e. The predicted octanol–water partition coefficient (Wildman–Crippen LogP) is 24.9. The van der Waals surface area contributed by atoms with Gasteiger partial charge in [0, 0.05) is 0 Å². The zero-order valence-electron chi connectivity index (χ0n) is 54.0. The molecule has 0 aliphatic rings. The van der Waals surface area contributed by atoms with Crippen molar-refractivity contribution in [3.63, 3.8) is 0 Å². The van der Waals surface area contributed by atoms with Crippen LogP contribution >= 0.6 is 0 Å². The maximum Gasteiger partial charge on any atom is 4.00 e. The molecule has 0 bridgehead atoms. The van der Waals surface area contributed by atoms with E-state index in [9.17, 15) is 19.2 Å². The zero-order chi connectivity index (χ0) is 56.7. The Balaban J connectivity index is -0.000000298. The molecule has 0 N–H and O–H groups in total. The van der Waals surface area contributed by atoms with E-state index in [1.165, 1.54) is 308 Å². The van der Waals surface area contributed by atoms with Crippen LogP contribution in [-0.2, 0) is 40.9 Å². The molecule has 456 valence electrons. The Labute approximate surface area is 501 Å². The van der Waals surface area contributed by atoms with E-state index >= 15 is 0 Å². The van der Waals surface area contributed by atoms with Gasteiger partial charge in [0.15, 0.2) is 0 Å². The van der Waals surface area contributed by atoms with Crippen LogP contribution in [0.1, 0.15) is 415 Å². The molecule has 0 saturated carbocycles. The van der Waals surface area contributed by atoms with Crippen molar-refractivity contribution in [2.24, 2.45) is 23.7 Å². The van der Waals surface area contributed by atoms with Gasteiger partial charge in [0.05, 0.1) is 0 Å². The van der Waals surface area contributed by atoms with E-state index in [1.807, 2.05) is 25.1 Å². The van der Waals surface area contributed by atoms with Crippen molar-refractivity contribution in [1.82, 2.24) is 0 Å². The van der Waals surface area contributed by atoms with E-state index in [2.05, 4.69) is 55.4 Å². The van der Waals surface area contributed by atoms with Gasteiger partial charge in [0.25, 0.3) is 0 Å². The second-order valence-corrected chi connectivity index (χ2v) is 25.3. The molecular formula is C72H140O4Ti. The van der Waals surface area contributed by atoms with Gasteiger partial charge < -0.3 is 19.2 Å². The molecule has 5 heteroatoms. The molecule has 77 heavy (non-hydrogen) atoms. The van der Waals surface area contributed by atoms with Crippen LogP contribution in [0.4, 0.5) is 0 Å². The molecule has 0 atom stereocenters. The van der Waals surface area contributed by atoms with Gasteiger partial charge in [0.1, 0.15) is 0 Å². The van der Waals surface area contributed by atoms with Crippen LogP contribution in [0.25, 0.3) is 0 Å². The van der Waals surface area contributed by atoms with Gasteiger partial charge in [-0.3, -0.25) is 25.1 Å². The summed E-state index contributed by atoms with van der Waals surface area (Å²) in [6.45, 7) is 18.5. The van der Waals surface area contributed by atoms with Crippen molar-refractivity contribution >= 4 is 25.1 Å². The summed E-state index contributed by atoms with van der Waals surface area (Å²) in [6, 6.07) is 0. The summed E-state index contributed by atoms with van der Waals surface area (Å²) < 4.78 is 0. The molecule has 0 heterocycles. The monoisotopic (exact) mass is 1120 g/mol. The summed E-state index contributed by atoms with van der Waals surface area (Å²) in [5, 5.41) is 0. The fraction of sp³-hybridized carbons (Fsp3) is 0.944. The second-order valence-electron chi connectivity index (χ2n) is 25.3. The van der Waals surface area contributed by atoms with Gasteiger partial charge in [-0.1, -0.05) is 389 Å². The number of hydrogen-bond donors (Lipinski definition) is 0. The summed E-state index contributed by atoms with van der Waals surface area (Å²) in [4.78, 5) is 40.1. The van der Waals surface area contributed by atoms with Crippen molar-refractivity contribution in [3.05, 3.63) is 0 Å². The van der Waals surface area contributed by atoms with Gasteiger partial charge in [-0.15, -0.1) is 0 Å². The van der Waals surface area contributed by atoms with E-state index in [0.717, 1.165) is 49.4 Å². The van der Waals surface area contributed by atoms with Crippen LogP contribution in [0.15, 0.2) is 0 Å². The van der Waals surface area contributed by atoms with Crippen LogP contribution < -0.4 is 0 Å². The molecule has 4 nitrogen and oxygen atoms in total. The Morgan fingerprint density at radius 3 is 0.351 bits per heavy atom. The maximum atomic E-state index is 10.0. The van der Waals surface area contributed by atoms with Crippen LogP contribution in [0.3, 0.4) is 0 Å². The number of carbonyl (C=O) groups excluding carboxylic acids is 4. The Morgan fingerprint density at radius 2 is 0.260 bits per heavy atom. The standard InChI is InChI=1S/4C18H35O.Ti/c4*1-18(2)16-14-12-10-8-6-4-3-5-7-9-11-13-15-17-19;/h4*18H,3-16H2,1-2H3;/q4*-1;+4. The van der Waals surface area contributed by atoms with Gasteiger partial charge in [0.2, 0.25) is 0 Å². The molecule has 0 aliphatic carbocycles.